The van der Waals surface area contributed by atoms with Gasteiger partial charge in [-0.05, 0) is 32.4 Å². The molecule has 0 spiro atoms. The van der Waals surface area contributed by atoms with Crippen LogP contribution in [0.5, 0.6) is 0 Å². The lowest BCUT2D eigenvalue weighted by atomic mass is 10.2. The molecule has 0 aliphatic carbocycles. The van der Waals surface area contributed by atoms with E-state index in [-0.39, 0.29) is 5.97 Å². The van der Waals surface area contributed by atoms with Crippen LogP contribution in [0.1, 0.15) is 42.0 Å². The summed E-state index contributed by atoms with van der Waals surface area (Å²) in [5, 5.41) is 0. The number of carbonyl (C=O) groups is 1. The van der Waals surface area contributed by atoms with Crippen LogP contribution in [-0.2, 0) is 11.2 Å². The van der Waals surface area contributed by atoms with Crippen LogP contribution in [0.4, 0.5) is 0 Å². The normalized spacial score (nSPS) is 10.8. The van der Waals surface area contributed by atoms with Crippen LogP contribution in [0.25, 0.3) is 5.65 Å². The van der Waals surface area contributed by atoms with Crippen molar-refractivity contribution < 1.29 is 9.53 Å². The van der Waals surface area contributed by atoms with Gasteiger partial charge in [0.15, 0.2) is 0 Å². The van der Waals surface area contributed by atoms with Gasteiger partial charge in [0.1, 0.15) is 5.65 Å². The van der Waals surface area contributed by atoms with Crippen LogP contribution in [0.15, 0.2) is 18.3 Å². The highest BCUT2D eigenvalue weighted by Crippen LogP contribution is 2.14. The number of pyridine rings is 1. The average Bonchev–Trinajstić information content (AvgIpc) is 2.73. The molecule has 4 nitrogen and oxygen atoms in total. The van der Waals surface area contributed by atoms with Gasteiger partial charge in [0.25, 0.3) is 0 Å². The Balaban J connectivity index is 2.44. The van der Waals surface area contributed by atoms with Crippen LogP contribution in [-0.4, -0.2) is 22.0 Å². The van der Waals surface area contributed by atoms with Gasteiger partial charge < -0.3 is 9.14 Å². The Morgan fingerprint density at radius 3 is 2.83 bits per heavy atom. The summed E-state index contributed by atoms with van der Waals surface area (Å²) in [7, 11) is 0. The fraction of sp³-hybridized carbons (Fsp3) is 0.429. The zero-order chi connectivity index (χ0) is 13.1. The summed E-state index contributed by atoms with van der Waals surface area (Å²) in [6, 6.07) is 3.62. The number of hydrogen-bond acceptors (Lipinski definition) is 3. The molecule has 0 radical (unpaired) electrons. The molecule has 0 saturated heterocycles. The van der Waals surface area contributed by atoms with E-state index in [0.717, 1.165) is 29.9 Å². The zero-order valence-electron chi connectivity index (χ0n) is 11.1. The molecule has 2 aromatic heterocycles. The van der Waals surface area contributed by atoms with Crippen molar-refractivity contribution >= 4 is 11.6 Å². The third-order valence-corrected chi connectivity index (χ3v) is 2.83. The van der Waals surface area contributed by atoms with E-state index in [4.69, 9.17) is 4.74 Å². The van der Waals surface area contributed by atoms with E-state index >= 15 is 0 Å². The number of aromatic nitrogens is 2. The molecule has 0 atom stereocenters. The van der Waals surface area contributed by atoms with Crippen molar-refractivity contribution in [2.45, 2.75) is 33.6 Å². The van der Waals surface area contributed by atoms with E-state index in [9.17, 15) is 4.79 Å². The number of ether oxygens (including phenoxy) is 1. The Morgan fingerprint density at radius 1 is 1.39 bits per heavy atom. The van der Waals surface area contributed by atoms with Crippen molar-refractivity contribution in [1.82, 2.24) is 9.38 Å². The largest absolute Gasteiger partial charge is 0.462 e. The summed E-state index contributed by atoms with van der Waals surface area (Å²) in [6.07, 6.45) is 4.05. The minimum absolute atomic E-state index is 0.289. The maximum Gasteiger partial charge on any atom is 0.338 e. The second-order valence-electron chi connectivity index (χ2n) is 4.32. The maximum atomic E-state index is 11.7. The fourth-order valence-electron chi connectivity index (χ4n) is 2.01. The molecule has 18 heavy (non-hydrogen) atoms. The lowest BCUT2D eigenvalue weighted by molar-refractivity contribution is 0.0526. The highest BCUT2D eigenvalue weighted by Gasteiger charge is 2.11. The number of rotatable bonds is 4. The van der Waals surface area contributed by atoms with Crippen molar-refractivity contribution in [2.75, 3.05) is 6.61 Å². The van der Waals surface area contributed by atoms with Crippen molar-refractivity contribution in [2.24, 2.45) is 0 Å². The molecule has 2 heterocycles. The summed E-state index contributed by atoms with van der Waals surface area (Å²) < 4.78 is 7.02. The molecule has 0 fully saturated rings. The molecular weight excluding hydrogens is 228 g/mol. The van der Waals surface area contributed by atoms with Gasteiger partial charge in [0.05, 0.1) is 17.9 Å². The minimum atomic E-state index is -0.289. The third kappa shape index (κ3) is 2.37. The Hall–Kier alpha value is -1.84. The molecular formula is C14H18N2O2. The third-order valence-electron chi connectivity index (χ3n) is 2.83. The average molecular weight is 246 g/mol. The monoisotopic (exact) mass is 246 g/mol. The van der Waals surface area contributed by atoms with Gasteiger partial charge in [-0.3, -0.25) is 0 Å². The van der Waals surface area contributed by atoms with E-state index in [2.05, 4.69) is 11.9 Å². The van der Waals surface area contributed by atoms with Crippen LogP contribution in [0.3, 0.4) is 0 Å². The van der Waals surface area contributed by atoms with Crippen molar-refractivity contribution in [3.63, 3.8) is 0 Å². The number of hydrogen-bond donors (Lipinski definition) is 0. The molecule has 0 saturated carbocycles. The molecule has 0 aliphatic heterocycles. The number of esters is 1. The molecule has 2 aromatic rings. The highest BCUT2D eigenvalue weighted by molar-refractivity contribution is 5.90. The van der Waals surface area contributed by atoms with E-state index < -0.39 is 0 Å². The zero-order valence-corrected chi connectivity index (χ0v) is 11.1. The maximum absolute atomic E-state index is 11.7. The van der Waals surface area contributed by atoms with E-state index in [1.165, 1.54) is 0 Å². The van der Waals surface area contributed by atoms with Crippen molar-refractivity contribution in [3.8, 4) is 0 Å². The molecule has 0 bridgehead atoms. The lowest BCUT2D eigenvalue weighted by Gasteiger charge is -2.04. The van der Waals surface area contributed by atoms with Gasteiger partial charge in [-0.15, -0.1) is 0 Å². The second kappa shape index (κ2) is 5.21. The second-order valence-corrected chi connectivity index (χ2v) is 4.32. The molecule has 0 unspecified atom stereocenters. The van der Waals surface area contributed by atoms with Gasteiger partial charge in [-0.25, -0.2) is 9.78 Å². The molecule has 0 aromatic carbocycles. The Bertz CT molecular complexity index is 572. The highest BCUT2D eigenvalue weighted by atomic mass is 16.5. The van der Waals surface area contributed by atoms with E-state index in [1.54, 1.807) is 13.0 Å². The standard InChI is InChI=1S/C14H18N2O2/c1-4-6-12-9-16-10(3)7-11(8-13(16)15-12)14(17)18-5-2/h7-9H,4-6H2,1-3H3. The number of carbonyl (C=O) groups excluding carboxylic acids is 1. The van der Waals surface area contributed by atoms with Crippen LogP contribution >= 0.6 is 0 Å². The first-order valence-corrected chi connectivity index (χ1v) is 6.31. The van der Waals surface area contributed by atoms with Crippen molar-refractivity contribution in [3.05, 3.63) is 35.3 Å². The molecule has 0 N–H and O–H groups in total. The van der Waals surface area contributed by atoms with Gasteiger partial charge >= 0.3 is 5.97 Å². The quantitative estimate of drug-likeness (QED) is 0.779. The Morgan fingerprint density at radius 2 is 2.17 bits per heavy atom. The Labute approximate surface area is 107 Å². The first-order chi connectivity index (χ1) is 8.65. The molecule has 2 rings (SSSR count). The number of fused-ring (bicyclic) bond motifs is 1. The van der Waals surface area contributed by atoms with Crippen molar-refractivity contribution in [1.29, 1.82) is 0 Å². The number of aryl methyl sites for hydroxylation is 2. The van der Waals surface area contributed by atoms with Crippen LogP contribution in [0.2, 0.25) is 0 Å². The summed E-state index contributed by atoms with van der Waals surface area (Å²) in [5.74, 6) is -0.289. The summed E-state index contributed by atoms with van der Waals surface area (Å²) >= 11 is 0. The van der Waals surface area contributed by atoms with Gasteiger partial charge in [0, 0.05) is 11.9 Å². The summed E-state index contributed by atoms with van der Waals surface area (Å²) in [5.41, 5.74) is 3.42. The van der Waals surface area contributed by atoms with Gasteiger partial charge in [-0.2, -0.15) is 0 Å². The first-order valence-electron chi connectivity index (χ1n) is 6.31. The predicted molar refractivity (Wildman–Crippen MR) is 69.9 cm³/mol. The topological polar surface area (TPSA) is 43.6 Å². The Kier molecular flexibility index (Phi) is 3.65. The lowest BCUT2D eigenvalue weighted by Crippen LogP contribution is -2.06. The van der Waals surface area contributed by atoms with Crippen LogP contribution < -0.4 is 0 Å². The molecule has 0 aliphatic rings. The molecule has 0 amide bonds. The number of imidazole rings is 1. The van der Waals surface area contributed by atoms with Gasteiger partial charge in [-0.1, -0.05) is 13.3 Å². The summed E-state index contributed by atoms with van der Waals surface area (Å²) in [4.78, 5) is 16.2. The summed E-state index contributed by atoms with van der Waals surface area (Å²) in [6.45, 7) is 6.28. The molecule has 96 valence electrons. The smallest absolute Gasteiger partial charge is 0.338 e. The van der Waals surface area contributed by atoms with Gasteiger partial charge in [0.2, 0.25) is 0 Å². The molecule has 4 heteroatoms. The van der Waals surface area contributed by atoms with E-state index in [0.29, 0.717) is 12.2 Å². The van der Waals surface area contributed by atoms with E-state index in [1.807, 2.05) is 23.6 Å². The first kappa shape index (κ1) is 12.6. The number of nitrogens with zero attached hydrogens (tertiary/aromatic N) is 2. The van der Waals surface area contributed by atoms with Crippen LogP contribution in [0, 0.1) is 6.92 Å². The SMILES string of the molecule is CCCc1cn2c(C)cc(C(=O)OCC)cc2n1. The fourth-order valence-corrected chi connectivity index (χ4v) is 2.01. The predicted octanol–water partition coefficient (Wildman–Crippen LogP) is 2.77. The minimum Gasteiger partial charge on any atom is -0.462 e.